The summed E-state index contributed by atoms with van der Waals surface area (Å²) >= 11 is 0. The second-order valence-electron chi connectivity index (χ2n) is 6.14. The molecule has 4 nitrogen and oxygen atoms in total. The summed E-state index contributed by atoms with van der Waals surface area (Å²) in [5.41, 5.74) is -0.0972. The summed E-state index contributed by atoms with van der Waals surface area (Å²) in [5, 5.41) is 2.96. The first-order valence-corrected chi connectivity index (χ1v) is 6.51. The predicted octanol–water partition coefficient (Wildman–Crippen LogP) is 1.24. The average molecular weight is 237 g/mol. The van der Waals surface area contributed by atoms with Crippen molar-refractivity contribution in [2.75, 3.05) is 7.11 Å². The van der Waals surface area contributed by atoms with Gasteiger partial charge >= 0.3 is 11.9 Å². The highest BCUT2D eigenvalue weighted by Gasteiger charge is 2.51. The third kappa shape index (κ3) is 1.83. The minimum atomic E-state index is -0.763. The Morgan fingerprint density at radius 1 is 1.06 bits per heavy atom. The Morgan fingerprint density at radius 3 is 1.94 bits per heavy atom. The van der Waals surface area contributed by atoms with Gasteiger partial charge in [-0.15, -0.1) is 0 Å². The van der Waals surface area contributed by atoms with Crippen LogP contribution >= 0.6 is 0 Å². The summed E-state index contributed by atoms with van der Waals surface area (Å²) in [6.45, 7) is 0. The van der Waals surface area contributed by atoms with Crippen molar-refractivity contribution in [3.8, 4) is 0 Å². The monoisotopic (exact) mass is 237 g/mol. The first kappa shape index (κ1) is 11.1. The molecule has 0 atom stereocenters. The minimum Gasteiger partial charge on any atom is -0.462 e. The number of hydrogen-bond donors (Lipinski definition) is 1. The van der Waals surface area contributed by atoms with Crippen molar-refractivity contribution in [1.82, 2.24) is 5.32 Å². The van der Waals surface area contributed by atoms with Gasteiger partial charge in [0.1, 0.15) is 0 Å². The topological polar surface area (TPSA) is 55.4 Å². The molecule has 0 aromatic rings. The summed E-state index contributed by atoms with van der Waals surface area (Å²) in [6, 6.07) is 0. The van der Waals surface area contributed by atoms with Crippen LogP contribution in [0.5, 0.6) is 0 Å². The lowest BCUT2D eigenvalue weighted by Gasteiger charge is -2.56. The molecular formula is C13H19NO3. The zero-order chi connectivity index (χ0) is 12.0. The fraction of sp³-hybridized carbons (Fsp3) is 0.846. The quantitative estimate of drug-likeness (QED) is 0.551. The van der Waals surface area contributed by atoms with Crippen LogP contribution in [-0.4, -0.2) is 24.5 Å². The smallest absolute Gasteiger partial charge is 0.396 e. The molecule has 4 aliphatic rings. The fourth-order valence-electron chi connectivity index (χ4n) is 4.65. The van der Waals surface area contributed by atoms with E-state index in [4.69, 9.17) is 0 Å². The molecule has 1 N–H and O–H groups in total. The predicted molar refractivity (Wildman–Crippen MR) is 61.1 cm³/mol. The molecule has 4 aliphatic carbocycles. The van der Waals surface area contributed by atoms with Gasteiger partial charge in [-0.1, -0.05) is 0 Å². The average Bonchev–Trinajstić information content (AvgIpc) is 2.25. The van der Waals surface area contributed by atoms with E-state index in [2.05, 4.69) is 10.1 Å². The number of ether oxygens (including phenoxy) is 1. The molecule has 0 aromatic carbocycles. The summed E-state index contributed by atoms with van der Waals surface area (Å²) < 4.78 is 4.47. The molecular weight excluding hydrogens is 218 g/mol. The van der Waals surface area contributed by atoms with E-state index in [1.54, 1.807) is 0 Å². The van der Waals surface area contributed by atoms with Gasteiger partial charge in [-0.05, 0) is 56.3 Å². The van der Waals surface area contributed by atoms with E-state index < -0.39 is 11.9 Å². The Hall–Kier alpha value is -1.06. The summed E-state index contributed by atoms with van der Waals surface area (Å²) in [5.74, 6) is 0.966. The van der Waals surface area contributed by atoms with E-state index >= 15 is 0 Å². The lowest BCUT2D eigenvalue weighted by Crippen LogP contribution is -2.60. The number of methoxy groups -OCH3 is 1. The molecule has 17 heavy (non-hydrogen) atoms. The van der Waals surface area contributed by atoms with Gasteiger partial charge in [-0.3, -0.25) is 4.79 Å². The molecule has 0 unspecified atom stereocenters. The highest BCUT2D eigenvalue weighted by atomic mass is 16.5. The van der Waals surface area contributed by atoms with Crippen molar-refractivity contribution in [3.63, 3.8) is 0 Å². The highest BCUT2D eigenvalue weighted by molar-refractivity contribution is 6.32. The van der Waals surface area contributed by atoms with Crippen molar-refractivity contribution >= 4 is 11.9 Å². The Labute approximate surface area is 101 Å². The van der Waals surface area contributed by atoms with Crippen LogP contribution in [0.25, 0.3) is 0 Å². The zero-order valence-corrected chi connectivity index (χ0v) is 10.2. The summed E-state index contributed by atoms with van der Waals surface area (Å²) in [4.78, 5) is 22.9. The van der Waals surface area contributed by atoms with E-state index in [1.807, 2.05) is 0 Å². The van der Waals surface area contributed by atoms with Crippen molar-refractivity contribution in [2.24, 2.45) is 17.8 Å². The molecule has 0 radical (unpaired) electrons. The van der Waals surface area contributed by atoms with Gasteiger partial charge in [0.15, 0.2) is 0 Å². The second kappa shape index (κ2) is 3.72. The van der Waals surface area contributed by atoms with Crippen LogP contribution in [0.15, 0.2) is 0 Å². The van der Waals surface area contributed by atoms with Crippen molar-refractivity contribution in [1.29, 1.82) is 0 Å². The number of nitrogens with one attached hydrogen (secondary N) is 1. The third-order valence-electron chi connectivity index (χ3n) is 4.79. The van der Waals surface area contributed by atoms with Crippen LogP contribution in [0.4, 0.5) is 0 Å². The van der Waals surface area contributed by atoms with Crippen LogP contribution in [0, 0.1) is 17.8 Å². The first-order chi connectivity index (χ1) is 8.10. The van der Waals surface area contributed by atoms with Crippen LogP contribution < -0.4 is 5.32 Å². The number of carbonyl (C=O) groups is 2. The van der Waals surface area contributed by atoms with Gasteiger partial charge in [0.2, 0.25) is 0 Å². The van der Waals surface area contributed by atoms with E-state index in [-0.39, 0.29) is 5.54 Å². The zero-order valence-electron chi connectivity index (χ0n) is 10.2. The van der Waals surface area contributed by atoms with Gasteiger partial charge in [0.05, 0.1) is 7.11 Å². The Morgan fingerprint density at radius 2 is 1.53 bits per heavy atom. The standard InChI is InChI=1S/C13H19NO3/c1-17-12(16)11(15)14-13-5-8-2-9(6-13)4-10(3-8)7-13/h8-10H,2-7H2,1H3,(H,14,15). The maximum absolute atomic E-state index is 11.7. The maximum Gasteiger partial charge on any atom is 0.396 e. The molecule has 4 heteroatoms. The normalized spacial score (nSPS) is 42.3. The van der Waals surface area contributed by atoms with E-state index in [1.165, 1.54) is 26.4 Å². The maximum atomic E-state index is 11.7. The van der Waals surface area contributed by atoms with E-state index in [0.29, 0.717) is 0 Å². The molecule has 0 saturated heterocycles. The summed E-state index contributed by atoms with van der Waals surface area (Å²) in [6.07, 6.45) is 7.15. The molecule has 1 amide bonds. The van der Waals surface area contributed by atoms with Crippen LogP contribution in [-0.2, 0) is 14.3 Å². The minimum absolute atomic E-state index is 0.0972. The highest BCUT2D eigenvalue weighted by Crippen LogP contribution is 2.55. The van der Waals surface area contributed by atoms with Crippen molar-refractivity contribution in [2.45, 2.75) is 44.1 Å². The molecule has 4 fully saturated rings. The number of rotatable bonds is 1. The van der Waals surface area contributed by atoms with Gasteiger partial charge in [0.25, 0.3) is 0 Å². The molecule has 94 valence electrons. The third-order valence-corrected chi connectivity index (χ3v) is 4.79. The number of hydrogen-bond acceptors (Lipinski definition) is 3. The van der Waals surface area contributed by atoms with Crippen LogP contribution in [0.2, 0.25) is 0 Å². The van der Waals surface area contributed by atoms with Crippen LogP contribution in [0.3, 0.4) is 0 Å². The van der Waals surface area contributed by atoms with Crippen molar-refractivity contribution in [3.05, 3.63) is 0 Å². The van der Waals surface area contributed by atoms with Gasteiger partial charge in [-0.25, -0.2) is 4.79 Å². The molecule has 0 heterocycles. The Bertz CT molecular complexity index is 328. The van der Waals surface area contributed by atoms with Gasteiger partial charge in [0, 0.05) is 5.54 Å². The van der Waals surface area contributed by atoms with E-state index in [0.717, 1.165) is 37.0 Å². The largest absolute Gasteiger partial charge is 0.462 e. The SMILES string of the molecule is COC(=O)C(=O)NC12CC3CC(CC(C3)C1)C2. The molecule has 0 aliphatic heterocycles. The lowest BCUT2D eigenvalue weighted by molar-refractivity contribution is -0.155. The lowest BCUT2D eigenvalue weighted by atomic mass is 9.53. The van der Waals surface area contributed by atoms with Gasteiger partial charge in [-0.2, -0.15) is 0 Å². The Balaban J connectivity index is 1.74. The number of amides is 1. The number of carbonyl (C=O) groups excluding carboxylic acids is 2. The molecule has 4 saturated carbocycles. The first-order valence-electron chi connectivity index (χ1n) is 6.51. The second-order valence-corrected chi connectivity index (χ2v) is 6.14. The van der Waals surface area contributed by atoms with Crippen molar-refractivity contribution < 1.29 is 14.3 Å². The van der Waals surface area contributed by atoms with Crippen LogP contribution in [0.1, 0.15) is 38.5 Å². The molecule has 0 aromatic heterocycles. The fourth-order valence-corrected chi connectivity index (χ4v) is 4.65. The molecule has 4 rings (SSSR count). The van der Waals surface area contributed by atoms with E-state index in [9.17, 15) is 9.59 Å². The molecule has 0 spiro atoms. The molecule has 4 bridgehead atoms. The number of esters is 1. The summed E-state index contributed by atoms with van der Waals surface area (Å²) in [7, 11) is 1.25. The Kier molecular flexibility index (Phi) is 2.42. The van der Waals surface area contributed by atoms with Gasteiger partial charge < -0.3 is 10.1 Å².